The van der Waals surface area contributed by atoms with Crippen molar-refractivity contribution in [1.82, 2.24) is 4.98 Å². The molecule has 0 aliphatic rings. The highest BCUT2D eigenvalue weighted by atomic mass is 32.2. The van der Waals surface area contributed by atoms with Crippen LogP contribution in [0.1, 0.15) is 16.7 Å². The molecule has 0 atom stereocenters. The molecule has 0 bridgehead atoms. The van der Waals surface area contributed by atoms with E-state index in [2.05, 4.69) is 15.6 Å². The van der Waals surface area contributed by atoms with E-state index in [1.54, 1.807) is 6.08 Å². The summed E-state index contributed by atoms with van der Waals surface area (Å²) in [6.07, 6.45) is 3.29. The fourth-order valence-corrected chi connectivity index (χ4v) is 5.19. The molecule has 2 amide bonds. The number of amides is 2. The van der Waals surface area contributed by atoms with E-state index in [0.717, 1.165) is 36.9 Å². The summed E-state index contributed by atoms with van der Waals surface area (Å²) in [5, 5.41) is 5.88. The summed E-state index contributed by atoms with van der Waals surface area (Å²) in [6.45, 7) is 3.97. The molecule has 0 aliphatic carbocycles. The minimum absolute atomic E-state index is 0.0604. The number of aryl methyl sites for hydroxylation is 2. The molecule has 2 N–H and O–H groups in total. The fraction of sp³-hybridized carbons (Fsp3) is 0.115. The van der Waals surface area contributed by atoms with E-state index in [0.29, 0.717) is 5.69 Å². The molecule has 5 nitrogen and oxygen atoms in total. The van der Waals surface area contributed by atoms with Crippen LogP contribution < -0.4 is 10.6 Å². The predicted molar refractivity (Wildman–Crippen MR) is 139 cm³/mol. The maximum Gasteiger partial charge on any atom is 0.248 e. The van der Waals surface area contributed by atoms with Crippen LogP contribution in [0.25, 0.3) is 16.3 Å². The number of carbonyl (C=O) groups excluding carboxylic acids is 2. The summed E-state index contributed by atoms with van der Waals surface area (Å²) < 4.78 is 1.77. The number of carbonyl (C=O) groups is 2. The lowest BCUT2D eigenvalue weighted by Gasteiger charge is -2.10. The van der Waals surface area contributed by atoms with E-state index in [-0.39, 0.29) is 17.6 Å². The maximum atomic E-state index is 12.4. The number of nitrogens with one attached hydrogen (secondary N) is 2. The van der Waals surface area contributed by atoms with Crippen molar-refractivity contribution in [3.05, 3.63) is 89.5 Å². The van der Waals surface area contributed by atoms with Crippen molar-refractivity contribution < 1.29 is 9.59 Å². The zero-order valence-corrected chi connectivity index (χ0v) is 19.9. The Bertz CT molecular complexity index is 1310. The minimum atomic E-state index is -0.194. The van der Waals surface area contributed by atoms with Gasteiger partial charge >= 0.3 is 0 Å². The molecule has 166 valence electrons. The molecule has 4 aromatic rings. The van der Waals surface area contributed by atoms with Gasteiger partial charge < -0.3 is 10.6 Å². The number of rotatable bonds is 7. The third-order valence-corrected chi connectivity index (χ3v) is 7.10. The third-order valence-electron chi connectivity index (χ3n) is 4.94. The lowest BCUT2D eigenvalue weighted by molar-refractivity contribution is -0.114. The summed E-state index contributed by atoms with van der Waals surface area (Å²) in [6, 6.07) is 21.2. The second-order valence-electron chi connectivity index (χ2n) is 7.50. The van der Waals surface area contributed by atoms with Crippen molar-refractivity contribution in [2.45, 2.75) is 18.2 Å². The molecule has 0 fully saturated rings. The van der Waals surface area contributed by atoms with Crippen LogP contribution >= 0.6 is 23.1 Å². The van der Waals surface area contributed by atoms with Crippen molar-refractivity contribution in [2.75, 3.05) is 16.4 Å². The molecule has 0 spiro atoms. The zero-order chi connectivity index (χ0) is 23.2. The lowest BCUT2D eigenvalue weighted by atomic mass is 10.1. The number of nitrogens with zero attached hydrogens (tertiary/aromatic N) is 1. The fourth-order valence-electron chi connectivity index (χ4n) is 3.28. The number of aromatic nitrogens is 1. The van der Waals surface area contributed by atoms with Crippen LogP contribution in [-0.2, 0) is 9.59 Å². The average molecular weight is 474 g/mol. The van der Waals surface area contributed by atoms with Gasteiger partial charge in [-0.2, -0.15) is 0 Å². The number of hydrogen-bond donors (Lipinski definition) is 2. The Morgan fingerprint density at radius 2 is 1.73 bits per heavy atom. The minimum Gasteiger partial charge on any atom is -0.325 e. The van der Waals surface area contributed by atoms with Gasteiger partial charge in [-0.25, -0.2) is 4.98 Å². The van der Waals surface area contributed by atoms with E-state index in [4.69, 9.17) is 0 Å². The number of anilines is 2. The zero-order valence-electron chi connectivity index (χ0n) is 18.3. The van der Waals surface area contributed by atoms with Gasteiger partial charge in [0.1, 0.15) is 0 Å². The SMILES string of the molecule is Cc1cccc(C)c1NC(=O)CSc1nc2ccc(NC(=O)/C=C\c3ccccc3)cc2s1. The Labute approximate surface area is 200 Å². The molecule has 0 unspecified atom stereocenters. The molecule has 0 saturated carbocycles. The van der Waals surface area contributed by atoms with Gasteiger partial charge in [-0.15, -0.1) is 11.3 Å². The lowest BCUT2D eigenvalue weighted by Crippen LogP contribution is -2.15. The van der Waals surface area contributed by atoms with Gasteiger partial charge in [-0.1, -0.05) is 60.3 Å². The molecular formula is C26H23N3O2S2. The highest BCUT2D eigenvalue weighted by Gasteiger charge is 2.11. The van der Waals surface area contributed by atoms with E-state index in [1.165, 1.54) is 29.2 Å². The summed E-state index contributed by atoms with van der Waals surface area (Å²) in [5.74, 6) is 0.0249. The summed E-state index contributed by atoms with van der Waals surface area (Å²) in [7, 11) is 0. The van der Waals surface area contributed by atoms with Crippen LogP contribution in [0.5, 0.6) is 0 Å². The Morgan fingerprint density at radius 1 is 0.970 bits per heavy atom. The predicted octanol–water partition coefficient (Wildman–Crippen LogP) is 6.30. The average Bonchev–Trinajstić information content (AvgIpc) is 3.22. The van der Waals surface area contributed by atoms with Crippen molar-refractivity contribution >= 4 is 62.6 Å². The van der Waals surface area contributed by atoms with Gasteiger partial charge in [-0.05, 0) is 54.8 Å². The summed E-state index contributed by atoms with van der Waals surface area (Å²) >= 11 is 2.91. The Kier molecular flexibility index (Phi) is 7.22. The molecule has 7 heteroatoms. The first-order chi connectivity index (χ1) is 16.0. The highest BCUT2D eigenvalue weighted by molar-refractivity contribution is 8.01. The number of thioether (sulfide) groups is 1. The van der Waals surface area contributed by atoms with Gasteiger partial charge in [0, 0.05) is 17.5 Å². The number of benzene rings is 3. The van der Waals surface area contributed by atoms with E-state index in [1.807, 2.05) is 80.6 Å². The normalized spacial score (nSPS) is 11.1. The monoisotopic (exact) mass is 473 g/mol. The standard InChI is InChI=1S/C26H23N3O2S2/c1-17-7-6-8-18(2)25(17)29-24(31)16-32-26-28-21-13-12-20(15-22(21)33-26)27-23(30)14-11-19-9-4-3-5-10-19/h3-15H,16H2,1-2H3,(H,27,30)(H,29,31)/b14-11-. The van der Waals surface area contributed by atoms with Crippen LogP contribution in [0.15, 0.2) is 77.1 Å². The van der Waals surface area contributed by atoms with Gasteiger partial charge in [0.05, 0.1) is 16.0 Å². The number of hydrogen-bond acceptors (Lipinski definition) is 5. The van der Waals surface area contributed by atoms with Crippen molar-refractivity contribution in [3.63, 3.8) is 0 Å². The van der Waals surface area contributed by atoms with Crippen molar-refractivity contribution in [1.29, 1.82) is 0 Å². The van der Waals surface area contributed by atoms with E-state index >= 15 is 0 Å². The summed E-state index contributed by atoms with van der Waals surface area (Å²) in [4.78, 5) is 29.3. The van der Waals surface area contributed by atoms with Crippen LogP contribution in [0.4, 0.5) is 11.4 Å². The van der Waals surface area contributed by atoms with E-state index in [9.17, 15) is 9.59 Å². The maximum absolute atomic E-state index is 12.4. The topological polar surface area (TPSA) is 71.1 Å². The smallest absolute Gasteiger partial charge is 0.248 e. The molecular weight excluding hydrogens is 450 g/mol. The molecule has 0 saturated heterocycles. The largest absolute Gasteiger partial charge is 0.325 e. The molecule has 0 aliphatic heterocycles. The molecule has 4 rings (SSSR count). The molecule has 1 heterocycles. The second-order valence-corrected chi connectivity index (χ2v) is 9.75. The van der Waals surface area contributed by atoms with Crippen LogP contribution in [0.2, 0.25) is 0 Å². The van der Waals surface area contributed by atoms with Crippen LogP contribution in [0, 0.1) is 13.8 Å². The first-order valence-corrected chi connectivity index (χ1v) is 12.2. The first kappa shape index (κ1) is 22.8. The Morgan fingerprint density at radius 3 is 2.48 bits per heavy atom. The van der Waals surface area contributed by atoms with Gasteiger partial charge in [0.25, 0.3) is 0 Å². The van der Waals surface area contributed by atoms with Gasteiger partial charge in [0.15, 0.2) is 4.34 Å². The van der Waals surface area contributed by atoms with Crippen LogP contribution in [-0.4, -0.2) is 22.6 Å². The van der Waals surface area contributed by atoms with E-state index < -0.39 is 0 Å². The van der Waals surface area contributed by atoms with Gasteiger partial charge in [0.2, 0.25) is 11.8 Å². The second kappa shape index (κ2) is 10.5. The Balaban J connectivity index is 1.36. The highest BCUT2D eigenvalue weighted by Crippen LogP contribution is 2.31. The van der Waals surface area contributed by atoms with Gasteiger partial charge in [-0.3, -0.25) is 9.59 Å². The third kappa shape index (κ3) is 6.09. The number of para-hydroxylation sites is 1. The molecule has 33 heavy (non-hydrogen) atoms. The van der Waals surface area contributed by atoms with Crippen molar-refractivity contribution in [3.8, 4) is 0 Å². The van der Waals surface area contributed by atoms with Crippen molar-refractivity contribution in [2.24, 2.45) is 0 Å². The first-order valence-electron chi connectivity index (χ1n) is 10.4. The Hall–Kier alpha value is -3.42. The quantitative estimate of drug-likeness (QED) is 0.244. The molecule has 0 radical (unpaired) electrons. The number of thiazole rings is 1. The number of fused-ring (bicyclic) bond motifs is 1. The molecule has 1 aromatic heterocycles. The molecule has 3 aromatic carbocycles. The summed E-state index contributed by atoms with van der Waals surface area (Å²) in [5.41, 5.74) is 5.47. The van der Waals surface area contributed by atoms with Crippen LogP contribution in [0.3, 0.4) is 0 Å².